The molecule has 0 aromatic heterocycles. The first-order chi connectivity index (χ1) is 6.45. The summed E-state index contributed by atoms with van der Waals surface area (Å²) in [5, 5.41) is 3.39. The fourth-order valence-electron chi connectivity index (χ4n) is 1.90. The third-order valence-electron chi connectivity index (χ3n) is 2.83. The first-order valence-corrected chi connectivity index (χ1v) is 5.38. The topological polar surface area (TPSA) is 30.5 Å². The van der Waals surface area contributed by atoms with Crippen LogP contribution in [-0.4, -0.2) is 38.5 Å². The van der Waals surface area contributed by atoms with Crippen molar-refractivity contribution in [2.24, 2.45) is 0 Å². The van der Waals surface area contributed by atoms with Gasteiger partial charge in [0.25, 0.3) is 0 Å². The van der Waals surface area contributed by atoms with Crippen LogP contribution in [-0.2, 0) is 9.47 Å². The van der Waals surface area contributed by atoms with Crippen molar-refractivity contribution in [3.63, 3.8) is 0 Å². The molecule has 1 heterocycles. The fraction of sp³-hybridized carbons (Fsp3) is 1.00. The van der Waals surface area contributed by atoms with Gasteiger partial charge in [0.15, 0.2) is 0 Å². The van der Waals surface area contributed by atoms with Gasteiger partial charge in [-0.1, -0.05) is 12.8 Å². The maximum atomic E-state index is 5.72. The quantitative estimate of drug-likeness (QED) is 0.646. The standard InChI is InChI=1S/C10H19NO2/c1-2-4-10(3-1)13-6-5-11-9-7-12-8-9/h9-11H,1-8H2. The number of nitrogens with one attached hydrogen (secondary N) is 1. The molecule has 2 aliphatic rings. The average molecular weight is 185 g/mol. The first-order valence-electron chi connectivity index (χ1n) is 5.38. The molecule has 1 aliphatic carbocycles. The third-order valence-corrected chi connectivity index (χ3v) is 2.83. The zero-order valence-corrected chi connectivity index (χ0v) is 8.13. The van der Waals surface area contributed by atoms with Crippen LogP contribution in [0.25, 0.3) is 0 Å². The van der Waals surface area contributed by atoms with E-state index in [1.165, 1.54) is 25.7 Å². The van der Waals surface area contributed by atoms with Gasteiger partial charge in [-0.2, -0.15) is 0 Å². The van der Waals surface area contributed by atoms with Gasteiger partial charge in [0, 0.05) is 6.54 Å². The molecule has 2 fully saturated rings. The molecule has 1 aliphatic heterocycles. The minimum absolute atomic E-state index is 0.555. The van der Waals surface area contributed by atoms with E-state index in [2.05, 4.69) is 5.32 Å². The normalized spacial score (nSPS) is 24.9. The Morgan fingerprint density at radius 3 is 2.62 bits per heavy atom. The lowest BCUT2D eigenvalue weighted by Crippen LogP contribution is -2.47. The van der Waals surface area contributed by atoms with Gasteiger partial charge >= 0.3 is 0 Å². The van der Waals surface area contributed by atoms with E-state index in [1.54, 1.807) is 0 Å². The van der Waals surface area contributed by atoms with E-state index in [9.17, 15) is 0 Å². The lowest BCUT2D eigenvalue weighted by molar-refractivity contribution is -0.0114. The maximum absolute atomic E-state index is 5.72. The second kappa shape index (κ2) is 4.94. The molecule has 3 nitrogen and oxygen atoms in total. The Bertz CT molecular complexity index is 142. The Labute approximate surface area is 79.8 Å². The summed E-state index contributed by atoms with van der Waals surface area (Å²) in [7, 11) is 0. The van der Waals surface area contributed by atoms with Gasteiger partial charge in [0.05, 0.1) is 32.0 Å². The highest BCUT2D eigenvalue weighted by Crippen LogP contribution is 2.20. The number of ether oxygens (including phenoxy) is 2. The molecule has 3 heteroatoms. The summed E-state index contributed by atoms with van der Waals surface area (Å²) < 4.78 is 10.8. The van der Waals surface area contributed by atoms with Gasteiger partial charge in [-0.25, -0.2) is 0 Å². The molecule has 0 unspecified atom stereocenters. The Balaban J connectivity index is 1.43. The molecule has 0 atom stereocenters. The molecule has 0 spiro atoms. The molecule has 76 valence electrons. The zero-order chi connectivity index (χ0) is 8.93. The molecular formula is C10H19NO2. The van der Waals surface area contributed by atoms with Gasteiger partial charge < -0.3 is 14.8 Å². The minimum atomic E-state index is 0.555. The Morgan fingerprint density at radius 1 is 1.23 bits per heavy atom. The number of rotatable bonds is 5. The Morgan fingerprint density at radius 2 is 2.00 bits per heavy atom. The van der Waals surface area contributed by atoms with Gasteiger partial charge in [0.2, 0.25) is 0 Å². The summed E-state index contributed by atoms with van der Waals surface area (Å²) in [6.45, 7) is 3.60. The third kappa shape index (κ3) is 2.93. The molecule has 2 rings (SSSR count). The molecule has 0 amide bonds. The molecule has 0 aromatic carbocycles. The van der Waals surface area contributed by atoms with Crippen molar-refractivity contribution in [3.05, 3.63) is 0 Å². The molecule has 13 heavy (non-hydrogen) atoms. The van der Waals surface area contributed by atoms with Crippen LogP contribution in [0.3, 0.4) is 0 Å². The van der Waals surface area contributed by atoms with Crippen LogP contribution >= 0.6 is 0 Å². The van der Waals surface area contributed by atoms with Crippen molar-refractivity contribution in [2.75, 3.05) is 26.4 Å². The minimum Gasteiger partial charge on any atom is -0.378 e. The van der Waals surface area contributed by atoms with E-state index < -0.39 is 0 Å². The second-order valence-electron chi connectivity index (χ2n) is 3.97. The summed E-state index contributed by atoms with van der Waals surface area (Å²) in [5.74, 6) is 0. The predicted octanol–water partition coefficient (Wildman–Crippen LogP) is 0.934. The largest absolute Gasteiger partial charge is 0.378 e. The summed E-state index contributed by atoms with van der Waals surface area (Å²) in [5.41, 5.74) is 0. The van der Waals surface area contributed by atoms with Crippen LogP contribution in [0.4, 0.5) is 0 Å². The van der Waals surface area contributed by atoms with Gasteiger partial charge in [-0.3, -0.25) is 0 Å². The van der Waals surface area contributed by atoms with E-state index in [0.717, 1.165) is 26.4 Å². The SMILES string of the molecule is C1CCC(OCCNC2COC2)C1. The smallest absolute Gasteiger partial charge is 0.0643 e. The fourth-order valence-corrected chi connectivity index (χ4v) is 1.90. The van der Waals surface area contributed by atoms with Gasteiger partial charge in [-0.15, -0.1) is 0 Å². The van der Waals surface area contributed by atoms with Gasteiger partial charge in [0.1, 0.15) is 0 Å². The molecular weight excluding hydrogens is 166 g/mol. The van der Waals surface area contributed by atoms with E-state index in [0.29, 0.717) is 12.1 Å². The van der Waals surface area contributed by atoms with Crippen molar-refractivity contribution in [3.8, 4) is 0 Å². The summed E-state index contributed by atoms with van der Waals surface area (Å²) in [6.07, 6.45) is 5.81. The van der Waals surface area contributed by atoms with Crippen molar-refractivity contribution in [2.45, 2.75) is 37.8 Å². The number of hydrogen-bond acceptors (Lipinski definition) is 3. The highest BCUT2D eigenvalue weighted by Gasteiger charge is 2.18. The van der Waals surface area contributed by atoms with Crippen molar-refractivity contribution < 1.29 is 9.47 Å². The van der Waals surface area contributed by atoms with Crippen LogP contribution < -0.4 is 5.32 Å². The molecule has 0 bridgehead atoms. The van der Waals surface area contributed by atoms with Crippen LogP contribution in [0.15, 0.2) is 0 Å². The van der Waals surface area contributed by atoms with Crippen LogP contribution in [0.5, 0.6) is 0 Å². The zero-order valence-electron chi connectivity index (χ0n) is 8.13. The summed E-state index contributed by atoms with van der Waals surface area (Å²) in [6, 6.07) is 0.590. The van der Waals surface area contributed by atoms with Crippen LogP contribution in [0.1, 0.15) is 25.7 Å². The second-order valence-corrected chi connectivity index (χ2v) is 3.97. The van der Waals surface area contributed by atoms with Crippen LogP contribution in [0, 0.1) is 0 Å². The lowest BCUT2D eigenvalue weighted by Gasteiger charge is -2.27. The highest BCUT2D eigenvalue weighted by atomic mass is 16.5. The van der Waals surface area contributed by atoms with Crippen molar-refractivity contribution in [1.82, 2.24) is 5.32 Å². The van der Waals surface area contributed by atoms with Crippen molar-refractivity contribution in [1.29, 1.82) is 0 Å². The Kier molecular flexibility index (Phi) is 3.58. The first kappa shape index (κ1) is 9.44. The summed E-state index contributed by atoms with van der Waals surface area (Å²) in [4.78, 5) is 0. The van der Waals surface area contributed by atoms with E-state index in [1.807, 2.05) is 0 Å². The molecule has 1 saturated heterocycles. The van der Waals surface area contributed by atoms with Crippen LogP contribution in [0.2, 0.25) is 0 Å². The number of hydrogen-bond donors (Lipinski definition) is 1. The van der Waals surface area contributed by atoms with E-state index in [4.69, 9.17) is 9.47 Å². The Hall–Kier alpha value is -0.120. The van der Waals surface area contributed by atoms with Gasteiger partial charge in [-0.05, 0) is 12.8 Å². The monoisotopic (exact) mass is 185 g/mol. The van der Waals surface area contributed by atoms with Crippen molar-refractivity contribution >= 4 is 0 Å². The average Bonchev–Trinajstić information content (AvgIpc) is 2.53. The van der Waals surface area contributed by atoms with E-state index in [-0.39, 0.29) is 0 Å². The predicted molar refractivity (Wildman–Crippen MR) is 50.8 cm³/mol. The molecule has 0 aromatic rings. The molecule has 0 radical (unpaired) electrons. The maximum Gasteiger partial charge on any atom is 0.0643 e. The molecule has 1 saturated carbocycles. The summed E-state index contributed by atoms with van der Waals surface area (Å²) >= 11 is 0. The lowest BCUT2D eigenvalue weighted by atomic mass is 10.2. The van der Waals surface area contributed by atoms with E-state index >= 15 is 0 Å². The highest BCUT2D eigenvalue weighted by molar-refractivity contribution is 4.72. The molecule has 1 N–H and O–H groups in total.